The predicted molar refractivity (Wildman–Crippen MR) is 77.9 cm³/mol. The van der Waals surface area contributed by atoms with Crippen LogP contribution < -0.4 is 0 Å². The third-order valence-electron chi connectivity index (χ3n) is 3.20. The molecule has 1 atom stereocenters. The average molecular weight is 364 g/mol. The Morgan fingerprint density at radius 2 is 2.00 bits per heavy atom. The van der Waals surface area contributed by atoms with E-state index in [2.05, 4.69) is 21.0 Å². The van der Waals surface area contributed by atoms with Crippen LogP contribution in [0.2, 0.25) is 0 Å². The van der Waals surface area contributed by atoms with Gasteiger partial charge in [0.1, 0.15) is 15.8 Å². The summed E-state index contributed by atoms with van der Waals surface area (Å²) in [6.45, 7) is 0.687. The van der Waals surface area contributed by atoms with Gasteiger partial charge >= 0.3 is 0 Å². The van der Waals surface area contributed by atoms with Crippen LogP contribution in [0.25, 0.3) is 11.3 Å². The van der Waals surface area contributed by atoms with Crippen molar-refractivity contribution in [2.75, 3.05) is 0 Å². The van der Waals surface area contributed by atoms with Gasteiger partial charge in [-0.15, -0.1) is 23.2 Å². The Labute approximate surface area is 128 Å². The van der Waals surface area contributed by atoms with Gasteiger partial charge in [0, 0.05) is 24.2 Å². The van der Waals surface area contributed by atoms with Crippen molar-refractivity contribution in [3.8, 4) is 11.3 Å². The summed E-state index contributed by atoms with van der Waals surface area (Å²) in [5, 5.41) is 4.49. The number of halogens is 4. The van der Waals surface area contributed by atoms with E-state index in [9.17, 15) is 4.39 Å². The maximum Gasteiger partial charge on any atom is 0.123 e. The number of benzene rings is 1. The minimum Gasteiger partial charge on any atom is -0.271 e. The number of alkyl halides is 2. The molecule has 100 valence electrons. The normalized spacial score (nSPS) is 20.5. The number of aromatic nitrogens is 2. The van der Waals surface area contributed by atoms with Crippen molar-refractivity contribution < 1.29 is 4.39 Å². The largest absolute Gasteiger partial charge is 0.271 e. The van der Waals surface area contributed by atoms with E-state index in [1.807, 2.05) is 10.9 Å². The van der Waals surface area contributed by atoms with E-state index in [-0.39, 0.29) is 11.7 Å². The van der Waals surface area contributed by atoms with Gasteiger partial charge in [0.05, 0.1) is 4.47 Å². The quantitative estimate of drug-likeness (QED) is 0.726. The molecule has 2 nitrogen and oxygen atoms in total. The Morgan fingerprint density at radius 3 is 2.58 bits per heavy atom. The summed E-state index contributed by atoms with van der Waals surface area (Å²) in [6.07, 6.45) is 2.68. The maximum atomic E-state index is 12.9. The molecule has 6 heteroatoms. The second-order valence-corrected chi connectivity index (χ2v) is 7.11. The van der Waals surface area contributed by atoms with Crippen molar-refractivity contribution in [2.45, 2.75) is 17.3 Å². The number of rotatable bonds is 3. The molecule has 1 saturated carbocycles. The van der Waals surface area contributed by atoms with Crippen LogP contribution in [0.3, 0.4) is 0 Å². The van der Waals surface area contributed by atoms with E-state index in [4.69, 9.17) is 23.2 Å². The molecular weight excluding hydrogens is 354 g/mol. The van der Waals surface area contributed by atoms with E-state index in [0.717, 1.165) is 22.2 Å². The highest BCUT2D eigenvalue weighted by Crippen LogP contribution is 2.53. The van der Waals surface area contributed by atoms with Gasteiger partial charge in [0.25, 0.3) is 0 Å². The van der Waals surface area contributed by atoms with Gasteiger partial charge in [0.15, 0.2) is 0 Å². The standard InChI is InChI=1S/C13H10BrCl2FN2/c14-11-7-19(6-9-5-13(9,15)16)18-12(11)8-1-3-10(17)4-2-8/h1-4,7,9H,5-6H2. The molecule has 0 amide bonds. The Kier molecular flexibility index (Phi) is 3.36. The topological polar surface area (TPSA) is 17.8 Å². The SMILES string of the molecule is Fc1ccc(-c2nn(CC3CC3(Cl)Cl)cc2Br)cc1. The van der Waals surface area contributed by atoms with Crippen molar-refractivity contribution in [3.05, 3.63) is 40.8 Å². The summed E-state index contributed by atoms with van der Waals surface area (Å²) in [4.78, 5) is 0. The van der Waals surface area contributed by atoms with Crippen molar-refractivity contribution >= 4 is 39.1 Å². The van der Waals surface area contributed by atoms with Crippen molar-refractivity contribution in [1.29, 1.82) is 0 Å². The van der Waals surface area contributed by atoms with Gasteiger partial charge < -0.3 is 0 Å². The lowest BCUT2D eigenvalue weighted by Gasteiger charge is -2.01. The van der Waals surface area contributed by atoms with Crippen LogP contribution in [0, 0.1) is 11.7 Å². The average Bonchev–Trinajstić information content (AvgIpc) is 2.77. The summed E-state index contributed by atoms with van der Waals surface area (Å²) in [5.41, 5.74) is 1.65. The van der Waals surface area contributed by atoms with E-state index >= 15 is 0 Å². The number of hydrogen-bond acceptors (Lipinski definition) is 1. The van der Waals surface area contributed by atoms with Crippen LogP contribution in [0.5, 0.6) is 0 Å². The fraction of sp³-hybridized carbons (Fsp3) is 0.308. The number of hydrogen-bond donors (Lipinski definition) is 0. The minimum absolute atomic E-state index is 0.240. The van der Waals surface area contributed by atoms with Gasteiger partial charge in [-0.25, -0.2) is 4.39 Å². The molecule has 1 aliphatic carbocycles. The molecule has 0 radical (unpaired) electrons. The van der Waals surface area contributed by atoms with Gasteiger partial charge in [0.2, 0.25) is 0 Å². The summed E-state index contributed by atoms with van der Waals surface area (Å²) in [7, 11) is 0. The lowest BCUT2D eigenvalue weighted by molar-refractivity contribution is 0.560. The second-order valence-electron chi connectivity index (χ2n) is 4.72. The molecule has 19 heavy (non-hydrogen) atoms. The predicted octanol–water partition coefficient (Wildman–Crippen LogP) is 4.65. The second kappa shape index (κ2) is 4.76. The Bertz CT molecular complexity index is 610. The first kappa shape index (κ1) is 13.4. The molecule has 3 rings (SSSR count). The molecule has 1 aliphatic rings. The zero-order valence-corrected chi connectivity index (χ0v) is 12.9. The Hall–Kier alpha value is -0.580. The van der Waals surface area contributed by atoms with E-state index in [1.165, 1.54) is 12.1 Å². The lowest BCUT2D eigenvalue weighted by Crippen LogP contribution is -2.04. The molecule has 1 aromatic carbocycles. The monoisotopic (exact) mass is 362 g/mol. The summed E-state index contributed by atoms with van der Waals surface area (Å²) >= 11 is 15.5. The Balaban J connectivity index is 1.83. The fourth-order valence-electron chi connectivity index (χ4n) is 1.99. The van der Waals surface area contributed by atoms with E-state index in [0.29, 0.717) is 6.54 Å². The summed E-state index contributed by atoms with van der Waals surface area (Å²) in [5.74, 6) is -0.0185. The highest BCUT2D eigenvalue weighted by Gasteiger charge is 2.51. The van der Waals surface area contributed by atoms with Crippen LogP contribution in [0.4, 0.5) is 4.39 Å². The highest BCUT2D eigenvalue weighted by atomic mass is 79.9. The first-order valence-electron chi connectivity index (χ1n) is 5.82. The van der Waals surface area contributed by atoms with E-state index < -0.39 is 4.33 Å². The molecular formula is C13H10BrCl2FN2. The van der Waals surface area contributed by atoms with Crippen LogP contribution in [-0.2, 0) is 6.54 Å². The molecule has 1 fully saturated rings. The smallest absolute Gasteiger partial charge is 0.123 e. The fourth-order valence-corrected chi connectivity index (χ4v) is 3.04. The molecule has 0 N–H and O–H groups in total. The van der Waals surface area contributed by atoms with Crippen molar-refractivity contribution in [2.24, 2.45) is 5.92 Å². The van der Waals surface area contributed by atoms with Gasteiger partial charge in [-0.2, -0.15) is 5.10 Å². The molecule has 0 saturated heterocycles. The first-order valence-corrected chi connectivity index (χ1v) is 7.37. The zero-order valence-electron chi connectivity index (χ0n) is 9.78. The molecule has 0 spiro atoms. The third kappa shape index (κ3) is 2.81. The molecule has 0 aliphatic heterocycles. The van der Waals surface area contributed by atoms with Gasteiger partial charge in [-0.05, 0) is 46.6 Å². The third-order valence-corrected chi connectivity index (χ3v) is 4.70. The molecule has 1 unspecified atom stereocenters. The zero-order chi connectivity index (χ0) is 13.6. The van der Waals surface area contributed by atoms with Gasteiger partial charge in [-0.3, -0.25) is 4.68 Å². The lowest BCUT2D eigenvalue weighted by atomic mass is 10.1. The van der Waals surface area contributed by atoms with E-state index in [1.54, 1.807) is 12.1 Å². The molecule has 0 bridgehead atoms. The minimum atomic E-state index is -0.603. The molecule has 2 aromatic rings. The van der Waals surface area contributed by atoms with Gasteiger partial charge in [-0.1, -0.05) is 0 Å². The van der Waals surface area contributed by atoms with Crippen LogP contribution >= 0.6 is 39.1 Å². The summed E-state index contributed by atoms with van der Waals surface area (Å²) in [6, 6.07) is 6.25. The molecule has 1 heterocycles. The van der Waals surface area contributed by atoms with Crippen LogP contribution in [0.15, 0.2) is 34.9 Å². The highest BCUT2D eigenvalue weighted by molar-refractivity contribution is 9.10. The Morgan fingerprint density at radius 1 is 1.37 bits per heavy atom. The van der Waals surface area contributed by atoms with Crippen molar-refractivity contribution in [1.82, 2.24) is 9.78 Å². The van der Waals surface area contributed by atoms with Crippen molar-refractivity contribution in [3.63, 3.8) is 0 Å². The van der Waals surface area contributed by atoms with Crippen LogP contribution in [0.1, 0.15) is 6.42 Å². The van der Waals surface area contributed by atoms with Crippen LogP contribution in [-0.4, -0.2) is 14.1 Å². The maximum absolute atomic E-state index is 12.9. The number of nitrogens with zero attached hydrogens (tertiary/aromatic N) is 2. The molecule has 1 aromatic heterocycles. The summed E-state index contributed by atoms with van der Waals surface area (Å²) < 4.78 is 15.0. The first-order chi connectivity index (χ1) is 8.95.